The Labute approximate surface area is 178 Å². The second kappa shape index (κ2) is 8.78. The van der Waals surface area contributed by atoms with Crippen LogP contribution in [0.3, 0.4) is 0 Å². The van der Waals surface area contributed by atoms with Gasteiger partial charge >= 0.3 is 0 Å². The molecule has 1 aliphatic heterocycles. The van der Waals surface area contributed by atoms with Crippen molar-refractivity contribution in [3.05, 3.63) is 53.1 Å². The van der Waals surface area contributed by atoms with E-state index < -0.39 is 0 Å². The number of fused-ring (bicyclic) bond motifs is 1. The SMILES string of the molecule is CCN1c2cc(OC)c(/C=N\NC(=O)c3ccccc3OC)cc2C(C)CC1(C)C. The summed E-state index contributed by atoms with van der Waals surface area (Å²) in [7, 11) is 3.19. The summed E-state index contributed by atoms with van der Waals surface area (Å²) in [5.41, 5.74) is 6.41. The lowest BCUT2D eigenvalue weighted by Gasteiger charge is -2.47. The van der Waals surface area contributed by atoms with Gasteiger partial charge in [-0.3, -0.25) is 4.79 Å². The average molecular weight is 410 g/mol. The van der Waals surface area contributed by atoms with Crippen molar-refractivity contribution in [3.63, 3.8) is 0 Å². The van der Waals surface area contributed by atoms with Crippen LogP contribution in [0.25, 0.3) is 0 Å². The summed E-state index contributed by atoms with van der Waals surface area (Å²) in [6.07, 6.45) is 2.70. The van der Waals surface area contributed by atoms with E-state index in [9.17, 15) is 4.79 Å². The lowest BCUT2D eigenvalue weighted by molar-refractivity contribution is 0.0952. The van der Waals surface area contributed by atoms with Crippen LogP contribution in [0.15, 0.2) is 41.5 Å². The Morgan fingerprint density at radius 2 is 1.93 bits per heavy atom. The predicted octanol–water partition coefficient (Wildman–Crippen LogP) is 4.58. The fourth-order valence-electron chi connectivity index (χ4n) is 4.46. The van der Waals surface area contributed by atoms with Gasteiger partial charge in [-0.25, -0.2) is 5.43 Å². The summed E-state index contributed by atoms with van der Waals surface area (Å²) in [4.78, 5) is 14.9. The second-order valence-electron chi connectivity index (χ2n) is 8.21. The molecule has 0 radical (unpaired) electrons. The van der Waals surface area contributed by atoms with Crippen molar-refractivity contribution in [2.75, 3.05) is 25.7 Å². The van der Waals surface area contributed by atoms with Gasteiger partial charge in [0.2, 0.25) is 0 Å². The first-order chi connectivity index (χ1) is 14.3. The number of hydrogen-bond donors (Lipinski definition) is 1. The lowest BCUT2D eigenvalue weighted by atomic mass is 9.79. The minimum absolute atomic E-state index is 0.0878. The van der Waals surface area contributed by atoms with Crippen molar-refractivity contribution in [2.24, 2.45) is 5.10 Å². The van der Waals surface area contributed by atoms with E-state index in [-0.39, 0.29) is 11.4 Å². The van der Waals surface area contributed by atoms with E-state index in [0.717, 1.165) is 24.3 Å². The topological polar surface area (TPSA) is 63.2 Å². The number of rotatable bonds is 6. The van der Waals surface area contributed by atoms with Crippen LogP contribution in [0.2, 0.25) is 0 Å². The Morgan fingerprint density at radius 1 is 1.23 bits per heavy atom. The maximum absolute atomic E-state index is 12.5. The Kier molecular flexibility index (Phi) is 6.34. The van der Waals surface area contributed by atoms with Crippen LogP contribution in [0, 0.1) is 0 Å². The minimum atomic E-state index is -0.326. The zero-order chi connectivity index (χ0) is 21.9. The number of benzene rings is 2. The zero-order valence-electron chi connectivity index (χ0n) is 18.7. The van der Waals surface area contributed by atoms with Crippen LogP contribution in [0.4, 0.5) is 5.69 Å². The zero-order valence-corrected chi connectivity index (χ0v) is 18.7. The Morgan fingerprint density at radius 3 is 2.60 bits per heavy atom. The maximum atomic E-state index is 12.5. The predicted molar refractivity (Wildman–Crippen MR) is 121 cm³/mol. The summed E-state index contributed by atoms with van der Waals surface area (Å²) in [5.74, 6) is 1.33. The van der Waals surface area contributed by atoms with E-state index in [1.807, 2.05) is 6.07 Å². The number of nitrogens with one attached hydrogen (secondary N) is 1. The van der Waals surface area contributed by atoms with Gasteiger partial charge in [-0.1, -0.05) is 19.1 Å². The fraction of sp³-hybridized carbons (Fsp3) is 0.417. The number of amides is 1. The highest BCUT2D eigenvalue weighted by Gasteiger charge is 2.36. The van der Waals surface area contributed by atoms with Crippen molar-refractivity contribution < 1.29 is 14.3 Å². The van der Waals surface area contributed by atoms with E-state index in [1.54, 1.807) is 31.5 Å². The lowest BCUT2D eigenvalue weighted by Crippen LogP contribution is -2.48. The molecule has 0 saturated carbocycles. The molecule has 0 aliphatic carbocycles. The normalized spacial score (nSPS) is 17.5. The fourth-order valence-corrected chi connectivity index (χ4v) is 4.46. The van der Waals surface area contributed by atoms with Crippen molar-refractivity contribution in [1.82, 2.24) is 5.43 Å². The van der Waals surface area contributed by atoms with Crippen LogP contribution in [-0.2, 0) is 0 Å². The number of carbonyl (C=O) groups excluding carboxylic acids is 1. The van der Waals surface area contributed by atoms with Gasteiger partial charge < -0.3 is 14.4 Å². The number of hydrogen-bond acceptors (Lipinski definition) is 5. The van der Waals surface area contributed by atoms with Gasteiger partial charge in [0.25, 0.3) is 5.91 Å². The van der Waals surface area contributed by atoms with E-state index in [1.165, 1.54) is 18.4 Å². The van der Waals surface area contributed by atoms with Gasteiger partial charge in [0.15, 0.2) is 0 Å². The van der Waals surface area contributed by atoms with Crippen molar-refractivity contribution >= 4 is 17.8 Å². The number of nitrogens with zero attached hydrogens (tertiary/aromatic N) is 2. The summed E-state index contributed by atoms with van der Waals surface area (Å²) in [6.45, 7) is 9.93. The molecule has 2 aromatic carbocycles. The monoisotopic (exact) mass is 409 g/mol. The van der Waals surface area contributed by atoms with Crippen LogP contribution in [0.5, 0.6) is 11.5 Å². The largest absolute Gasteiger partial charge is 0.496 e. The first-order valence-electron chi connectivity index (χ1n) is 10.3. The van der Waals surface area contributed by atoms with E-state index in [0.29, 0.717) is 17.2 Å². The minimum Gasteiger partial charge on any atom is -0.496 e. The molecule has 1 unspecified atom stereocenters. The number of hydrazone groups is 1. The number of methoxy groups -OCH3 is 2. The third-order valence-corrected chi connectivity index (χ3v) is 5.77. The molecule has 0 saturated heterocycles. The molecule has 2 aromatic rings. The van der Waals surface area contributed by atoms with E-state index >= 15 is 0 Å². The van der Waals surface area contributed by atoms with Crippen molar-refractivity contribution in [2.45, 2.75) is 45.6 Å². The first kappa shape index (κ1) is 21.7. The van der Waals surface area contributed by atoms with Gasteiger partial charge in [0.05, 0.1) is 26.0 Å². The first-order valence-corrected chi connectivity index (χ1v) is 10.3. The molecule has 0 fully saturated rings. The van der Waals surface area contributed by atoms with Gasteiger partial charge in [0, 0.05) is 29.4 Å². The molecule has 6 heteroatoms. The molecular weight excluding hydrogens is 378 g/mol. The summed E-state index contributed by atoms with van der Waals surface area (Å²) in [6, 6.07) is 11.3. The molecule has 1 N–H and O–H groups in total. The van der Waals surface area contributed by atoms with Crippen LogP contribution in [-0.4, -0.2) is 38.4 Å². The smallest absolute Gasteiger partial charge is 0.275 e. The van der Waals surface area contributed by atoms with Crippen molar-refractivity contribution in [1.29, 1.82) is 0 Å². The molecule has 0 bridgehead atoms. The molecule has 0 spiro atoms. The molecule has 1 amide bonds. The molecular formula is C24H31N3O3. The number of ether oxygens (including phenoxy) is 2. The van der Waals surface area contributed by atoms with Gasteiger partial charge in [-0.15, -0.1) is 0 Å². The van der Waals surface area contributed by atoms with E-state index in [2.05, 4.69) is 55.3 Å². The average Bonchev–Trinajstić information content (AvgIpc) is 2.73. The van der Waals surface area contributed by atoms with Gasteiger partial charge in [-0.2, -0.15) is 5.10 Å². The summed E-state index contributed by atoms with van der Waals surface area (Å²) >= 11 is 0. The summed E-state index contributed by atoms with van der Waals surface area (Å²) in [5, 5.41) is 4.17. The third kappa shape index (κ3) is 4.13. The summed E-state index contributed by atoms with van der Waals surface area (Å²) < 4.78 is 10.9. The molecule has 1 heterocycles. The van der Waals surface area contributed by atoms with Gasteiger partial charge in [-0.05, 0) is 56.9 Å². The van der Waals surface area contributed by atoms with Gasteiger partial charge in [0.1, 0.15) is 11.5 Å². The maximum Gasteiger partial charge on any atom is 0.275 e. The molecule has 1 atom stereocenters. The molecule has 30 heavy (non-hydrogen) atoms. The number of anilines is 1. The Bertz CT molecular complexity index is 953. The molecule has 6 nitrogen and oxygen atoms in total. The number of carbonyl (C=O) groups is 1. The van der Waals surface area contributed by atoms with Crippen LogP contribution < -0.4 is 19.8 Å². The highest BCUT2D eigenvalue weighted by molar-refractivity contribution is 5.97. The Balaban J connectivity index is 1.88. The van der Waals surface area contributed by atoms with E-state index in [4.69, 9.17) is 9.47 Å². The van der Waals surface area contributed by atoms with Crippen LogP contribution >= 0.6 is 0 Å². The third-order valence-electron chi connectivity index (χ3n) is 5.77. The molecule has 1 aliphatic rings. The van der Waals surface area contributed by atoms with Crippen molar-refractivity contribution in [3.8, 4) is 11.5 Å². The molecule has 0 aromatic heterocycles. The standard InChI is InChI=1S/C24H31N3O3/c1-7-27-20-13-22(30-6)17(12-19(20)16(2)14-24(27,3)4)15-25-26-23(28)18-10-8-9-11-21(18)29-5/h8-13,15-16H,7,14H2,1-6H3,(H,26,28)/b25-15-. The second-order valence-corrected chi connectivity index (χ2v) is 8.21. The highest BCUT2D eigenvalue weighted by atomic mass is 16.5. The number of para-hydroxylation sites is 1. The molecule has 3 rings (SSSR count). The quantitative estimate of drug-likeness (QED) is 0.560. The van der Waals surface area contributed by atoms with Crippen LogP contribution in [0.1, 0.15) is 61.5 Å². The highest BCUT2D eigenvalue weighted by Crippen LogP contribution is 2.45. The molecule has 160 valence electrons. The Hall–Kier alpha value is -3.02.